The number of methoxy groups -OCH3 is 2. The van der Waals surface area contributed by atoms with Crippen LogP contribution in [0.5, 0.6) is 11.5 Å². The van der Waals surface area contributed by atoms with Gasteiger partial charge in [-0.05, 0) is 95.0 Å². The maximum atomic E-state index is 14.5. The maximum Gasteiger partial charge on any atom is 0.419 e. The normalized spacial score (nSPS) is 25.9. The summed E-state index contributed by atoms with van der Waals surface area (Å²) in [6.07, 6.45) is 0.455. The predicted octanol–water partition coefficient (Wildman–Crippen LogP) is 5.64. The number of ether oxygens (including phenoxy) is 2. The first-order valence-corrected chi connectivity index (χ1v) is 14.2. The van der Waals surface area contributed by atoms with Crippen molar-refractivity contribution in [2.75, 3.05) is 46.2 Å². The van der Waals surface area contributed by atoms with Gasteiger partial charge in [-0.25, -0.2) is 9.18 Å². The summed E-state index contributed by atoms with van der Waals surface area (Å²) in [4.78, 5) is 17.8. The van der Waals surface area contributed by atoms with Gasteiger partial charge in [-0.2, -0.15) is 13.2 Å². The number of amides is 2. The quantitative estimate of drug-likeness (QED) is 0.435. The largest absolute Gasteiger partial charge is 0.493 e. The molecule has 1 aliphatic carbocycles. The smallest absolute Gasteiger partial charge is 0.419 e. The summed E-state index contributed by atoms with van der Waals surface area (Å²) in [6.45, 7) is 3.01. The second-order valence-corrected chi connectivity index (χ2v) is 11.5. The average molecular weight is 579 g/mol. The molecule has 0 bridgehead atoms. The molecule has 1 saturated carbocycles. The number of anilines is 1. The Hall–Kier alpha value is -3.05. The zero-order valence-corrected chi connectivity index (χ0v) is 23.7. The SMILES string of the molecule is COc1ccc([C@@]23CC[C@H](NC(=O)Nc4cccc(C(F)(F)F)c4F)C[C@H]2N(C2CCN(C)CC2)CC3)cc1OC. The van der Waals surface area contributed by atoms with E-state index in [1.54, 1.807) is 14.2 Å². The van der Waals surface area contributed by atoms with Crippen LogP contribution in [0.15, 0.2) is 36.4 Å². The first kappa shape index (κ1) is 29.4. The number of rotatable bonds is 6. The van der Waals surface area contributed by atoms with Crippen molar-refractivity contribution in [1.29, 1.82) is 0 Å². The van der Waals surface area contributed by atoms with Crippen molar-refractivity contribution >= 4 is 11.7 Å². The van der Waals surface area contributed by atoms with Gasteiger partial charge in [0.05, 0.1) is 25.5 Å². The number of alkyl halides is 3. The molecular weight excluding hydrogens is 540 g/mol. The molecule has 0 spiro atoms. The minimum absolute atomic E-state index is 0.134. The fraction of sp³-hybridized carbons (Fsp3) is 0.567. The molecule has 224 valence electrons. The van der Waals surface area contributed by atoms with Crippen molar-refractivity contribution in [3.8, 4) is 11.5 Å². The van der Waals surface area contributed by atoms with Crippen molar-refractivity contribution in [3.63, 3.8) is 0 Å². The summed E-state index contributed by atoms with van der Waals surface area (Å²) in [7, 11) is 5.38. The molecule has 5 rings (SSSR count). The van der Waals surface area contributed by atoms with Gasteiger partial charge in [0.1, 0.15) is 0 Å². The van der Waals surface area contributed by atoms with Gasteiger partial charge < -0.3 is 25.0 Å². The highest BCUT2D eigenvalue weighted by Gasteiger charge is 2.53. The van der Waals surface area contributed by atoms with Crippen LogP contribution >= 0.6 is 0 Å². The number of carbonyl (C=O) groups is 1. The van der Waals surface area contributed by atoms with Crippen LogP contribution in [0.2, 0.25) is 0 Å². The monoisotopic (exact) mass is 578 g/mol. The van der Waals surface area contributed by atoms with Gasteiger partial charge in [-0.3, -0.25) is 4.90 Å². The van der Waals surface area contributed by atoms with E-state index < -0.39 is 29.3 Å². The Bertz CT molecular complexity index is 1250. The molecule has 2 heterocycles. The van der Waals surface area contributed by atoms with Crippen molar-refractivity contribution in [2.24, 2.45) is 0 Å². The lowest BCUT2D eigenvalue weighted by Gasteiger charge is -2.48. The minimum Gasteiger partial charge on any atom is -0.493 e. The highest BCUT2D eigenvalue weighted by molar-refractivity contribution is 5.89. The van der Waals surface area contributed by atoms with Crippen LogP contribution in [0.25, 0.3) is 0 Å². The van der Waals surface area contributed by atoms with Gasteiger partial charge in [0, 0.05) is 23.5 Å². The molecule has 3 atom stereocenters. The van der Waals surface area contributed by atoms with Crippen LogP contribution < -0.4 is 20.1 Å². The van der Waals surface area contributed by atoms with Gasteiger partial charge >= 0.3 is 12.2 Å². The third-order valence-electron chi connectivity index (χ3n) is 9.30. The number of hydrogen-bond acceptors (Lipinski definition) is 5. The van der Waals surface area contributed by atoms with E-state index in [9.17, 15) is 22.4 Å². The van der Waals surface area contributed by atoms with Crippen LogP contribution in [0.3, 0.4) is 0 Å². The lowest BCUT2D eigenvalue weighted by molar-refractivity contribution is -0.139. The molecule has 2 N–H and O–H groups in total. The Morgan fingerprint density at radius 2 is 1.73 bits per heavy atom. The number of nitrogens with one attached hydrogen (secondary N) is 2. The standard InChI is InChI=1S/C30H38F4N4O3/c1-37-14-10-21(11-15-37)38-16-13-29(19-7-8-24(40-2)25(17-19)41-3)12-9-20(18-26(29)38)35-28(39)36-23-6-4-5-22(27(23)31)30(32,33)34/h4-8,17,20-21,26H,9-16,18H2,1-3H3,(H2,35,36,39)/t20-,26+,29-/m0/s1. The molecule has 2 aliphatic heterocycles. The van der Waals surface area contributed by atoms with Crippen molar-refractivity contribution in [3.05, 3.63) is 53.3 Å². The Morgan fingerprint density at radius 3 is 2.41 bits per heavy atom. The first-order chi connectivity index (χ1) is 19.6. The number of nitrogens with zero attached hydrogens (tertiary/aromatic N) is 2. The van der Waals surface area contributed by atoms with Gasteiger partial charge in [0.2, 0.25) is 0 Å². The lowest BCUT2D eigenvalue weighted by atomic mass is 9.65. The molecule has 2 aromatic rings. The van der Waals surface area contributed by atoms with Gasteiger partial charge in [0.25, 0.3) is 0 Å². The highest BCUT2D eigenvalue weighted by atomic mass is 19.4. The third kappa shape index (κ3) is 5.83. The molecule has 11 heteroatoms. The summed E-state index contributed by atoms with van der Waals surface area (Å²) in [5.74, 6) is -0.141. The van der Waals surface area contributed by atoms with Crippen molar-refractivity contribution < 1.29 is 31.8 Å². The molecule has 0 aromatic heterocycles. The van der Waals surface area contributed by atoms with E-state index in [1.807, 2.05) is 6.07 Å². The molecule has 2 amide bonds. The third-order valence-corrected chi connectivity index (χ3v) is 9.30. The van der Waals surface area contributed by atoms with Crippen LogP contribution in [0.1, 0.15) is 49.7 Å². The van der Waals surface area contributed by atoms with E-state index in [1.165, 1.54) is 5.56 Å². The number of halogens is 4. The fourth-order valence-corrected chi connectivity index (χ4v) is 7.15. The van der Waals surface area contributed by atoms with Crippen LogP contribution in [-0.4, -0.2) is 74.9 Å². The highest BCUT2D eigenvalue weighted by Crippen LogP contribution is 2.51. The lowest BCUT2D eigenvalue weighted by Crippen LogP contribution is -2.56. The average Bonchev–Trinajstić information content (AvgIpc) is 3.33. The molecule has 3 aliphatic rings. The summed E-state index contributed by atoms with van der Waals surface area (Å²) in [5, 5.41) is 5.23. The van der Waals surface area contributed by atoms with Crippen molar-refractivity contribution in [2.45, 2.75) is 68.2 Å². The Balaban J connectivity index is 1.37. The van der Waals surface area contributed by atoms with Crippen LogP contribution in [-0.2, 0) is 11.6 Å². The number of urea groups is 1. The Labute approximate surface area is 238 Å². The van der Waals surface area contributed by atoms with Crippen LogP contribution in [0, 0.1) is 5.82 Å². The van der Waals surface area contributed by atoms with E-state index in [2.05, 4.69) is 39.6 Å². The van der Waals surface area contributed by atoms with Gasteiger partial charge in [0.15, 0.2) is 17.3 Å². The van der Waals surface area contributed by atoms with Crippen molar-refractivity contribution in [1.82, 2.24) is 15.1 Å². The number of likely N-dealkylation sites (tertiary alicyclic amines) is 2. The van der Waals surface area contributed by atoms with E-state index in [-0.39, 0.29) is 17.5 Å². The first-order valence-electron chi connectivity index (χ1n) is 14.2. The van der Waals surface area contributed by atoms with E-state index in [4.69, 9.17) is 9.47 Å². The number of piperidine rings is 1. The molecule has 41 heavy (non-hydrogen) atoms. The molecule has 7 nitrogen and oxygen atoms in total. The second kappa shape index (κ2) is 11.7. The van der Waals surface area contributed by atoms with E-state index in [0.29, 0.717) is 36.4 Å². The molecule has 3 fully saturated rings. The summed E-state index contributed by atoms with van der Waals surface area (Å²) >= 11 is 0. The Morgan fingerprint density at radius 1 is 1.00 bits per heavy atom. The zero-order valence-electron chi connectivity index (χ0n) is 23.7. The topological polar surface area (TPSA) is 66.1 Å². The predicted molar refractivity (Wildman–Crippen MR) is 148 cm³/mol. The number of fused-ring (bicyclic) bond motifs is 1. The van der Waals surface area contributed by atoms with Gasteiger partial charge in [-0.1, -0.05) is 12.1 Å². The zero-order chi connectivity index (χ0) is 29.4. The molecule has 2 aromatic carbocycles. The van der Waals surface area contributed by atoms with Gasteiger partial charge in [-0.15, -0.1) is 0 Å². The summed E-state index contributed by atoms with van der Waals surface area (Å²) in [5.41, 5.74) is -0.858. The molecule has 0 unspecified atom stereocenters. The van der Waals surface area contributed by atoms with E-state index in [0.717, 1.165) is 57.5 Å². The molecule has 2 saturated heterocycles. The maximum absolute atomic E-state index is 14.5. The second-order valence-electron chi connectivity index (χ2n) is 11.5. The summed E-state index contributed by atoms with van der Waals surface area (Å²) in [6, 6.07) is 8.66. The number of benzene rings is 2. The minimum atomic E-state index is -4.85. The number of hydrogen-bond donors (Lipinski definition) is 2. The summed E-state index contributed by atoms with van der Waals surface area (Å²) < 4.78 is 65.1. The fourth-order valence-electron chi connectivity index (χ4n) is 7.15. The Kier molecular flexibility index (Phi) is 8.39. The van der Waals surface area contributed by atoms with E-state index >= 15 is 0 Å². The molecular formula is C30H38F4N4O3. The number of carbonyl (C=O) groups excluding carboxylic acids is 1. The van der Waals surface area contributed by atoms with Crippen LogP contribution in [0.4, 0.5) is 28.0 Å². The molecule has 0 radical (unpaired) electrons.